The van der Waals surface area contributed by atoms with Gasteiger partial charge in [-0.25, -0.2) is 0 Å². The monoisotopic (exact) mass is 252 g/mol. The van der Waals surface area contributed by atoms with Gasteiger partial charge >= 0.3 is 5.97 Å². The number of hydrogen-bond donors (Lipinski definition) is 2. The molecule has 0 amide bonds. The summed E-state index contributed by atoms with van der Waals surface area (Å²) in [6, 6.07) is 6.77. The minimum atomic E-state index is -0.885. The van der Waals surface area contributed by atoms with Crippen LogP contribution in [0.2, 0.25) is 0 Å². The van der Waals surface area contributed by atoms with Crippen LogP contribution in [-0.2, 0) is 9.53 Å². The average molecular weight is 252 g/mol. The summed E-state index contributed by atoms with van der Waals surface area (Å²) in [6.45, 7) is 0.989. The first-order chi connectivity index (χ1) is 8.56. The summed E-state index contributed by atoms with van der Waals surface area (Å²) in [5, 5.41) is 12.1. The Balaban J connectivity index is 2.76. The fraction of sp³-hybridized carbons (Fsp3) is 0.462. The summed E-state index contributed by atoms with van der Waals surface area (Å²) in [7, 11) is 5.48. The van der Waals surface area contributed by atoms with E-state index in [0.717, 1.165) is 11.3 Å². The van der Waals surface area contributed by atoms with E-state index in [-0.39, 0.29) is 0 Å². The van der Waals surface area contributed by atoms with Gasteiger partial charge in [-0.3, -0.25) is 10.1 Å². The van der Waals surface area contributed by atoms with Crippen LogP contribution in [0.4, 0.5) is 5.69 Å². The summed E-state index contributed by atoms with van der Waals surface area (Å²) >= 11 is 0. The number of rotatable bonds is 7. The first kappa shape index (κ1) is 14.5. The molecule has 0 fully saturated rings. The highest BCUT2D eigenvalue weighted by molar-refractivity contribution is 5.75. The molecular weight excluding hydrogens is 232 g/mol. The molecule has 0 bridgehead atoms. The number of carbonyl (C=O) groups is 1. The Hall–Kier alpha value is -1.59. The second-order valence-electron chi connectivity index (χ2n) is 4.20. The third-order valence-electron chi connectivity index (χ3n) is 2.64. The second kappa shape index (κ2) is 6.98. The molecule has 0 heterocycles. The van der Waals surface area contributed by atoms with Gasteiger partial charge in [0.2, 0.25) is 0 Å². The van der Waals surface area contributed by atoms with E-state index >= 15 is 0 Å². The Labute approximate surface area is 107 Å². The SMILES string of the molecule is COCCNC(C(=O)O)c1ccc(N(C)C)cc1. The molecular formula is C13H20N2O3. The van der Waals surface area contributed by atoms with Crippen LogP contribution in [-0.4, -0.2) is 45.4 Å². The molecule has 5 heteroatoms. The van der Waals surface area contributed by atoms with Crippen LogP contribution < -0.4 is 10.2 Å². The lowest BCUT2D eigenvalue weighted by Crippen LogP contribution is -2.31. The zero-order valence-electron chi connectivity index (χ0n) is 11.0. The standard InChI is InChI=1S/C13H20N2O3/c1-15(2)11-6-4-10(5-7-11)12(13(16)17)14-8-9-18-3/h4-7,12,14H,8-9H2,1-3H3,(H,16,17). The van der Waals surface area contributed by atoms with Gasteiger partial charge in [-0.15, -0.1) is 0 Å². The van der Waals surface area contributed by atoms with E-state index in [1.165, 1.54) is 0 Å². The van der Waals surface area contributed by atoms with Crippen LogP contribution in [0, 0.1) is 0 Å². The first-order valence-electron chi connectivity index (χ1n) is 5.78. The van der Waals surface area contributed by atoms with Crippen molar-refractivity contribution in [2.75, 3.05) is 39.3 Å². The highest BCUT2D eigenvalue weighted by atomic mass is 16.5. The van der Waals surface area contributed by atoms with E-state index in [1.807, 2.05) is 43.3 Å². The average Bonchev–Trinajstić information content (AvgIpc) is 2.34. The van der Waals surface area contributed by atoms with Gasteiger partial charge < -0.3 is 14.7 Å². The molecule has 1 unspecified atom stereocenters. The van der Waals surface area contributed by atoms with Crippen molar-refractivity contribution in [2.24, 2.45) is 0 Å². The van der Waals surface area contributed by atoms with Gasteiger partial charge in [-0.05, 0) is 17.7 Å². The zero-order valence-corrected chi connectivity index (χ0v) is 11.0. The topological polar surface area (TPSA) is 61.8 Å². The maximum Gasteiger partial charge on any atom is 0.325 e. The maximum absolute atomic E-state index is 11.2. The molecule has 18 heavy (non-hydrogen) atoms. The Morgan fingerprint density at radius 2 is 2.00 bits per heavy atom. The fourth-order valence-electron chi connectivity index (χ4n) is 1.62. The van der Waals surface area contributed by atoms with Gasteiger partial charge in [0.25, 0.3) is 0 Å². The summed E-state index contributed by atoms with van der Waals surface area (Å²) in [5.41, 5.74) is 1.78. The largest absolute Gasteiger partial charge is 0.480 e. The lowest BCUT2D eigenvalue weighted by Gasteiger charge is -2.17. The first-order valence-corrected chi connectivity index (χ1v) is 5.78. The molecule has 5 nitrogen and oxygen atoms in total. The second-order valence-corrected chi connectivity index (χ2v) is 4.20. The predicted octanol–water partition coefficient (Wildman–Crippen LogP) is 1.11. The Bertz CT molecular complexity index is 376. The van der Waals surface area contributed by atoms with Crippen molar-refractivity contribution in [3.8, 4) is 0 Å². The molecule has 1 aromatic rings. The number of anilines is 1. The third kappa shape index (κ3) is 4.01. The predicted molar refractivity (Wildman–Crippen MR) is 71.0 cm³/mol. The Kier molecular flexibility index (Phi) is 5.61. The molecule has 1 aromatic carbocycles. The van der Waals surface area contributed by atoms with E-state index < -0.39 is 12.0 Å². The fourth-order valence-corrected chi connectivity index (χ4v) is 1.62. The van der Waals surface area contributed by atoms with Crippen molar-refractivity contribution in [2.45, 2.75) is 6.04 Å². The minimum absolute atomic E-state index is 0.486. The zero-order chi connectivity index (χ0) is 13.5. The number of hydrogen-bond acceptors (Lipinski definition) is 4. The molecule has 0 saturated carbocycles. The lowest BCUT2D eigenvalue weighted by molar-refractivity contribution is -0.139. The van der Waals surface area contributed by atoms with Crippen molar-refractivity contribution in [1.82, 2.24) is 5.32 Å². The van der Waals surface area contributed by atoms with Gasteiger partial charge in [-0.1, -0.05) is 12.1 Å². The van der Waals surface area contributed by atoms with E-state index in [2.05, 4.69) is 5.32 Å². The minimum Gasteiger partial charge on any atom is -0.480 e. The summed E-state index contributed by atoms with van der Waals surface area (Å²) in [4.78, 5) is 13.2. The smallest absolute Gasteiger partial charge is 0.325 e. The quantitative estimate of drug-likeness (QED) is 0.712. The normalized spacial score (nSPS) is 12.2. The molecule has 0 saturated heterocycles. The van der Waals surface area contributed by atoms with Crippen LogP contribution in [0.3, 0.4) is 0 Å². The van der Waals surface area contributed by atoms with Crippen molar-refractivity contribution >= 4 is 11.7 Å². The van der Waals surface area contributed by atoms with Crippen molar-refractivity contribution in [3.63, 3.8) is 0 Å². The van der Waals surface area contributed by atoms with E-state index in [4.69, 9.17) is 4.74 Å². The van der Waals surface area contributed by atoms with Gasteiger partial charge in [0.15, 0.2) is 0 Å². The van der Waals surface area contributed by atoms with Crippen LogP contribution in [0.25, 0.3) is 0 Å². The van der Waals surface area contributed by atoms with Gasteiger partial charge in [0.1, 0.15) is 6.04 Å². The number of ether oxygens (including phenoxy) is 1. The highest BCUT2D eigenvalue weighted by Gasteiger charge is 2.18. The number of nitrogens with one attached hydrogen (secondary N) is 1. The van der Waals surface area contributed by atoms with E-state index in [9.17, 15) is 9.90 Å². The van der Waals surface area contributed by atoms with Crippen LogP contribution in [0.15, 0.2) is 24.3 Å². The molecule has 100 valence electrons. The van der Waals surface area contributed by atoms with Crippen molar-refractivity contribution in [3.05, 3.63) is 29.8 Å². The van der Waals surface area contributed by atoms with Gasteiger partial charge in [0, 0.05) is 33.4 Å². The number of nitrogens with zero attached hydrogens (tertiary/aromatic N) is 1. The molecule has 0 aromatic heterocycles. The van der Waals surface area contributed by atoms with Gasteiger partial charge in [0.05, 0.1) is 6.61 Å². The summed E-state index contributed by atoms with van der Waals surface area (Å²) < 4.78 is 4.90. The van der Waals surface area contributed by atoms with Crippen LogP contribution in [0.5, 0.6) is 0 Å². The van der Waals surface area contributed by atoms with Crippen LogP contribution in [0.1, 0.15) is 11.6 Å². The third-order valence-corrected chi connectivity index (χ3v) is 2.64. The molecule has 2 N–H and O–H groups in total. The lowest BCUT2D eigenvalue weighted by atomic mass is 10.1. The van der Waals surface area contributed by atoms with Gasteiger partial charge in [-0.2, -0.15) is 0 Å². The number of carboxylic acids is 1. The van der Waals surface area contributed by atoms with E-state index in [0.29, 0.717) is 13.2 Å². The van der Waals surface area contributed by atoms with E-state index in [1.54, 1.807) is 7.11 Å². The summed E-state index contributed by atoms with van der Waals surface area (Å²) in [6.07, 6.45) is 0. The maximum atomic E-state index is 11.2. The Morgan fingerprint density at radius 1 is 1.39 bits per heavy atom. The van der Waals surface area contributed by atoms with Crippen molar-refractivity contribution < 1.29 is 14.6 Å². The molecule has 1 rings (SSSR count). The number of benzene rings is 1. The highest BCUT2D eigenvalue weighted by Crippen LogP contribution is 2.18. The summed E-state index contributed by atoms with van der Waals surface area (Å²) in [5.74, 6) is -0.885. The molecule has 1 atom stereocenters. The molecule has 0 radical (unpaired) electrons. The van der Waals surface area contributed by atoms with Crippen molar-refractivity contribution in [1.29, 1.82) is 0 Å². The number of carboxylic acid groups (broad SMARTS) is 1. The molecule has 0 spiro atoms. The number of methoxy groups -OCH3 is 1. The molecule has 0 aliphatic heterocycles. The van der Waals surface area contributed by atoms with Crippen LogP contribution >= 0.6 is 0 Å². The molecule has 0 aliphatic rings. The number of aliphatic carboxylic acids is 1. The Morgan fingerprint density at radius 3 is 2.44 bits per heavy atom. The molecule has 0 aliphatic carbocycles.